The Morgan fingerprint density at radius 3 is 2.75 bits per heavy atom. The molecule has 1 atom stereocenters. The van der Waals surface area contributed by atoms with Crippen LogP contribution in [-0.2, 0) is 6.54 Å². The number of likely N-dealkylation sites (tertiary alicyclic amines) is 1. The van der Waals surface area contributed by atoms with Crippen LogP contribution in [0.1, 0.15) is 35.7 Å². The molecule has 2 aromatic carbocycles. The second-order valence-corrected chi connectivity index (χ2v) is 7.56. The van der Waals surface area contributed by atoms with Crippen molar-refractivity contribution in [3.63, 3.8) is 0 Å². The van der Waals surface area contributed by atoms with E-state index in [9.17, 15) is 4.79 Å². The molecular formula is C20H23BrN2O. The van der Waals surface area contributed by atoms with Gasteiger partial charge in [-0.15, -0.1) is 0 Å². The van der Waals surface area contributed by atoms with E-state index in [1.165, 1.54) is 31.5 Å². The zero-order valence-corrected chi connectivity index (χ0v) is 15.6. The SMILES string of the molecule is C[C@H]1CCCN(Cc2ccc(C(=O)Nc3cccc(Br)c3)cc2)C1. The van der Waals surface area contributed by atoms with E-state index in [1.54, 1.807) is 0 Å². The summed E-state index contributed by atoms with van der Waals surface area (Å²) in [5, 5.41) is 2.93. The summed E-state index contributed by atoms with van der Waals surface area (Å²) in [6.07, 6.45) is 2.62. The molecule has 1 amide bonds. The number of rotatable bonds is 4. The maximum Gasteiger partial charge on any atom is 0.255 e. The van der Waals surface area contributed by atoms with Crippen LogP contribution in [0.4, 0.5) is 5.69 Å². The van der Waals surface area contributed by atoms with Crippen molar-refractivity contribution >= 4 is 27.5 Å². The topological polar surface area (TPSA) is 32.3 Å². The minimum absolute atomic E-state index is 0.0776. The summed E-state index contributed by atoms with van der Waals surface area (Å²) in [4.78, 5) is 14.8. The third-order valence-corrected chi connectivity index (χ3v) is 4.94. The molecule has 3 nitrogen and oxygen atoms in total. The molecule has 1 heterocycles. The van der Waals surface area contributed by atoms with Crippen LogP contribution in [0.3, 0.4) is 0 Å². The molecule has 0 saturated carbocycles. The smallest absolute Gasteiger partial charge is 0.255 e. The Bertz CT molecular complexity index is 699. The predicted octanol–water partition coefficient (Wildman–Crippen LogP) is 4.93. The number of amides is 1. The Morgan fingerprint density at radius 1 is 1.25 bits per heavy atom. The fraction of sp³-hybridized carbons (Fsp3) is 0.350. The summed E-state index contributed by atoms with van der Waals surface area (Å²) in [5.74, 6) is 0.709. The molecule has 1 N–H and O–H groups in total. The molecule has 0 bridgehead atoms. The summed E-state index contributed by atoms with van der Waals surface area (Å²) in [6, 6.07) is 15.6. The second-order valence-electron chi connectivity index (χ2n) is 6.64. The van der Waals surface area contributed by atoms with Gasteiger partial charge in [0, 0.05) is 28.8 Å². The summed E-state index contributed by atoms with van der Waals surface area (Å²) in [6.45, 7) is 5.64. The molecule has 0 radical (unpaired) electrons. The molecular weight excluding hydrogens is 364 g/mol. The first-order valence-corrected chi connectivity index (χ1v) is 9.27. The first kappa shape index (κ1) is 17.2. The Morgan fingerprint density at radius 2 is 2.04 bits per heavy atom. The summed E-state index contributed by atoms with van der Waals surface area (Å²) in [7, 11) is 0. The molecule has 0 unspecified atom stereocenters. The second kappa shape index (κ2) is 7.95. The van der Waals surface area contributed by atoms with Crippen molar-refractivity contribution < 1.29 is 4.79 Å². The number of benzene rings is 2. The Balaban J connectivity index is 1.60. The predicted molar refractivity (Wildman–Crippen MR) is 102 cm³/mol. The minimum Gasteiger partial charge on any atom is -0.322 e. The van der Waals surface area contributed by atoms with Crippen molar-refractivity contribution in [3.8, 4) is 0 Å². The molecule has 1 saturated heterocycles. The number of piperidine rings is 1. The molecule has 24 heavy (non-hydrogen) atoms. The molecule has 0 aliphatic carbocycles. The van der Waals surface area contributed by atoms with Gasteiger partial charge in [-0.3, -0.25) is 9.69 Å². The van der Waals surface area contributed by atoms with Crippen molar-refractivity contribution in [2.45, 2.75) is 26.3 Å². The van der Waals surface area contributed by atoms with Crippen LogP contribution in [0.5, 0.6) is 0 Å². The van der Waals surface area contributed by atoms with E-state index in [-0.39, 0.29) is 5.91 Å². The fourth-order valence-electron chi connectivity index (χ4n) is 3.22. The van der Waals surface area contributed by atoms with Gasteiger partial charge in [0.1, 0.15) is 0 Å². The Labute approximate surface area is 152 Å². The van der Waals surface area contributed by atoms with Gasteiger partial charge in [0.15, 0.2) is 0 Å². The number of hydrogen-bond acceptors (Lipinski definition) is 2. The third-order valence-electron chi connectivity index (χ3n) is 4.45. The minimum atomic E-state index is -0.0776. The van der Waals surface area contributed by atoms with E-state index in [4.69, 9.17) is 0 Å². The monoisotopic (exact) mass is 386 g/mol. The van der Waals surface area contributed by atoms with Gasteiger partial charge in [-0.1, -0.05) is 41.1 Å². The van der Waals surface area contributed by atoms with Crippen LogP contribution in [0.15, 0.2) is 53.0 Å². The third kappa shape index (κ3) is 4.68. The molecule has 1 aliphatic rings. The number of nitrogens with zero attached hydrogens (tertiary/aromatic N) is 1. The number of carbonyl (C=O) groups excluding carboxylic acids is 1. The highest BCUT2D eigenvalue weighted by Gasteiger charge is 2.16. The van der Waals surface area contributed by atoms with Crippen LogP contribution in [0, 0.1) is 5.92 Å². The molecule has 3 rings (SSSR count). The molecule has 1 fully saturated rings. The lowest BCUT2D eigenvalue weighted by molar-refractivity contribution is 0.102. The number of halogens is 1. The molecule has 0 spiro atoms. The average Bonchev–Trinajstić information content (AvgIpc) is 2.55. The lowest BCUT2D eigenvalue weighted by atomic mass is 9.99. The van der Waals surface area contributed by atoms with Gasteiger partial charge in [0.25, 0.3) is 5.91 Å². The van der Waals surface area contributed by atoms with E-state index in [0.29, 0.717) is 5.56 Å². The Hall–Kier alpha value is -1.65. The van der Waals surface area contributed by atoms with Crippen LogP contribution < -0.4 is 5.32 Å². The van der Waals surface area contributed by atoms with E-state index in [0.717, 1.165) is 22.6 Å². The highest BCUT2D eigenvalue weighted by Crippen LogP contribution is 2.19. The zero-order chi connectivity index (χ0) is 16.9. The normalized spacial score (nSPS) is 18.3. The van der Waals surface area contributed by atoms with Crippen molar-refractivity contribution in [2.75, 3.05) is 18.4 Å². The molecule has 4 heteroatoms. The van der Waals surface area contributed by atoms with Gasteiger partial charge in [-0.2, -0.15) is 0 Å². The highest BCUT2D eigenvalue weighted by atomic mass is 79.9. The zero-order valence-electron chi connectivity index (χ0n) is 14.0. The molecule has 2 aromatic rings. The van der Waals surface area contributed by atoms with Crippen molar-refractivity contribution in [1.82, 2.24) is 4.90 Å². The summed E-state index contributed by atoms with van der Waals surface area (Å²) < 4.78 is 0.950. The van der Waals surface area contributed by atoms with Gasteiger partial charge in [-0.05, 0) is 61.2 Å². The lowest BCUT2D eigenvalue weighted by Crippen LogP contribution is -2.33. The molecule has 126 valence electrons. The van der Waals surface area contributed by atoms with E-state index in [1.807, 2.05) is 36.4 Å². The highest BCUT2D eigenvalue weighted by molar-refractivity contribution is 9.10. The quantitative estimate of drug-likeness (QED) is 0.807. The van der Waals surface area contributed by atoms with Crippen LogP contribution in [-0.4, -0.2) is 23.9 Å². The van der Waals surface area contributed by atoms with E-state index >= 15 is 0 Å². The van der Waals surface area contributed by atoms with Crippen molar-refractivity contribution in [2.24, 2.45) is 5.92 Å². The summed E-state index contributed by atoms with van der Waals surface area (Å²) in [5.41, 5.74) is 2.74. The van der Waals surface area contributed by atoms with Crippen LogP contribution in [0.25, 0.3) is 0 Å². The van der Waals surface area contributed by atoms with Crippen LogP contribution >= 0.6 is 15.9 Å². The van der Waals surface area contributed by atoms with Gasteiger partial charge in [-0.25, -0.2) is 0 Å². The van der Waals surface area contributed by atoms with E-state index in [2.05, 4.69) is 45.2 Å². The maximum atomic E-state index is 12.3. The number of carbonyl (C=O) groups is 1. The number of anilines is 1. The number of nitrogens with one attached hydrogen (secondary N) is 1. The number of hydrogen-bond donors (Lipinski definition) is 1. The van der Waals surface area contributed by atoms with Gasteiger partial charge < -0.3 is 5.32 Å². The fourth-order valence-corrected chi connectivity index (χ4v) is 3.62. The lowest BCUT2D eigenvalue weighted by Gasteiger charge is -2.30. The first-order valence-electron chi connectivity index (χ1n) is 8.48. The van der Waals surface area contributed by atoms with Crippen molar-refractivity contribution in [1.29, 1.82) is 0 Å². The largest absolute Gasteiger partial charge is 0.322 e. The summed E-state index contributed by atoms with van der Waals surface area (Å²) >= 11 is 3.41. The molecule has 1 aliphatic heterocycles. The standard InChI is InChI=1S/C20H23BrN2O/c1-15-4-3-11-23(13-15)14-16-7-9-17(10-8-16)20(24)22-19-6-2-5-18(21)12-19/h2,5-10,12,15H,3-4,11,13-14H2,1H3,(H,22,24)/t15-/m0/s1. The van der Waals surface area contributed by atoms with Crippen molar-refractivity contribution in [3.05, 3.63) is 64.1 Å². The Kier molecular flexibility index (Phi) is 5.69. The van der Waals surface area contributed by atoms with Gasteiger partial charge in [0.05, 0.1) is 0 Å². The molecule has 0 aromatic heterocycles. The van der Waals surface area contributed by atoms with Gasteiger partial charge in [0.2, 0.25) is 0 Å². The van der Waals surface area contributed by atoms with Gasteiger partial charge >= 0.3 is 0 Å². The first-order chi connectivity index (χ1) is 11.6. The maximum absolute atomic E-state index is 12.3. The van der Waals surface area contributed by atoms with Crippen LogP contribution in [0.2, 0.25) is 0 Å². The average molecular weight is 387 g/mol. The van der Waals surface area contributed by atoms with E-state index < -0.39 is 0 Å².